The molecule has 0 bridgehead atoms. The predicted octanol–water partition coefficient (Wildman–Crippen LogP) is 6.92. The molecule has 0 spiro atoms. The monoisotopic (exact) mass is 567 g/mol. The van der Waals surface area contributed by atoms with E-state index < -0.39 is 33.6 Å². The number of nitrogens with zero attached hydrogens (tertiary/aromatic N) is 2. The average Bonchev–Trinajstić information content (AvgIpc) is 3.26. The van der Waals surface area contributed by atoms with Crippen LogP contribution in [0.25, 0.3) is 21.5 Å². The third-order valence-electron chi connectivity index (χ3n) is 5.85. The Kier molecular flexibility index (Phi) is 7.53. The third kappa shape index (κ3) is 5.58. The van der Waals surface area contributed by atoms with Gasteiger partial charge in [-0.25, -0.2) is 8.93 Å². The standard InChI is InChI=1S/C26H25ClF3N3O2S2/c1-24(2,3)37(35)33-21(17-7-5-6-8-18(17)27)20-13-15-9-11-32-22(23(15)36-20)19-14-16(10-12-31-19)25(4,34)26(28,29)30/h5-14,21,33-34H,1-4H3/t21?,25?,37-/m1/s1. The largest absolute Gasteiger partial charge is 0.421 e. The van der Waals surface area contributed by atoms with Gasteiger partial charge in [-0.3, -0.25) is 9.97 Å². The lowest BCUT2D eigenvalue weighted by Gasteiger charge is -2.26. The number of pyridine rings is 2. The lowest BCUT2D eigenvalue weighted by atomic mass is 9.95. The molecule has 4 aromatic rings. The maximum atomic E-state index is 13.5. The maximum absolute atomic E-state index is 13.5. The highest BCUT2D eigenvalue weighted by Crippen LogP contribution is 2.42. The maximum Gasteiger partial charge on any atom is 0.421 e. The summed E-state index contributed by atoms with van der Waals surface area (Å²) >= 11 is 7.88. The number of halogens is 4. The van der Waals surface area contributed by atoms with Gasteiger partial charge in [0.05, 0.1) is 32.2 Å². The highest BCUT2D eigenvalue weighted by atomic mass is 35.5. The predicted molar refractivity (Wildman–Crippen MR) is 143 cm³/mol. The molecule has 37 heavy (non-hydrogen) atoms. The second-order valence-corrected chi connectivity index (χ2v) is 13.2. The number of aliphatic hydroxyl groups is 1. The Morgan fingerprint density at radius 1 is 1.03 bits per heavy atom. The summed E-state index contributed by atoms with van der Waals surface area (Å²) in [5.74, 6) is 0. The zero-order valence-corrected chi connectivity index (χ0v) is 22.8. The number of rotatable bonds is 6. The first-order valence-electron chi connectivity index (χ1n) is 11.3. The van der Waals surface area contributed by atoms with Gasteiger partial charge in [-0.05, 0) is 74.5 Å². The van der Waals surface area contributed by atoms with Gasteiger partial charge in [0.2, 0.25) is 0 Å². The number of nitrogens with one attached hydrogen (secondary N) is 1. The molecule has 3 aromatic heterocycles. The van der Waals surface area contributed by atoms with E-state index in [9.17, 15) is 22.5 Å². The van der Waals surface area contributed by atoms with E-state index in [0.717, 1.165) is 21.9 Å². The molecule has 5 nitrogen and oxygen atoms in total. The molecule has 4 rings (SSSR count). The quantitative estimate of drug-likeness (QED) is 0.265. The van der Waals surface area contributed by atoms with Crippen LogP contribution < -0.4 is 4.72 Å². The van der Waals surface area contributed by atoms with Crippen molar-refractivity contribution in [2.75, 3.05) is 0 Å². The molecule has 0 amide bonds. The van der Waals surface area contributed by atoms with Gasteiger partial charge in [0.25, 0.3) is 0 Å². The number of thiophene rings is 1. The summed E-state index contributed by atoms with van der Waals surface area (Å²) in [5, 5.41) is 11.5. The van der Waals surface area contributed by atoms with E-state index in [1.165, 1.54) is 23.6 Å². The van der Waals surface area contributed by atoms with Crippen LogP contribution in [-0.2, 0) is 16.6 Å². The molecule has 0 aliphatic heterocycles. The van der Waals surface area contributed by atoms with Crippen molar-refractivity contribution in [1.82, 2.24) is 14.7 Å². The summed E-state index contributed by atoms with van der Waals surface area (Å²) in [7, 11) is -1.43. The van der Waals surface area contributed by atoms with E-state index >= 15 is 0 Å². The van der Waals surface area contributed by atoms with Crippen LogP contribution in [0.1, 0.15) is 49.7 Å². The van der Waals surface area contributed by atoms with Crippen LogP contribution >= 0.6 is 22.9 Å². The first-order chi connectivity index (χ1) is 17.2. The van der Waals surface area contributed by atoms with Gasteiger partial charge in [0, 0.05) is 22.3 Å². The highest BCUT2D eigenvalue weighted by molar-refractivity contribution is 7.84. The van der Waals surface area contributed by atoms with Crippen LogP contribution in [0, 0.1) is 0 Å². The Hall–Kier alpha value is -2.37. The molecule has 3 heterocycles. The molecule has 2 unspecified atom stereocenters. The van der Waals surface area contributed by atoms with Gasteiger partial charge in [0.1, 0.15) is 5.69 Å². The zero-order valence-electron chi connectivity index (χ0n) is 20.4. The smallest absolute Gasteiger partial charge is 0.376 e. The fourth-order valence-electron chi connectivity index (χ4n) is 3.60. The van der Waals surface area contributed by atoms with E-state index in [-0.39, 0.29) is 11.3 Å². The van der Waals surface area contributed by atoms with Crippen molar-refractivity contribution < 1.29 is 22.5 Å². The van der Waals surface area contributed by atoms with E-state index in [1.807, 2.05) is 45.0 Å². The second-order valence-electron chi connectivity index (χ2n) is 9.68. The Labute approximate surface area is 224 Å². The SMILES string of the molecule is CC(C)(C)[S@@](=O)NC(c1cc2ccnc(-c3cc(C(C)(O)C(F)(F)F)ccn3)c2s1)c1ccccc1Cl. The first kappa shape index (κ1) is 27.7. The van der Waals surface area contributed by atoms with Gasteiger partial charge in [-0.15, -0.1) is 11.3 Å². The van der Waals surface area contributed by atoms with Crippen LogP contribution in [0.4, 0.5) is 13.2 Å². The minimum atomic E-state index is -4.86. The van der Waals surface area contributed by atoms with E-state index in [4.69, 9.17) is 11.6 Å². The molecule has 0 saturated heterocycles. The Morgan fingerprint density at radius 2 is 1.70 bits per heavy atom. The van der Waals surface area contributed by atoms with Crippen molar-refractivity contribution >= 4 is 44.0 Å². The fraction of sp³-hybridized carbons (Fsp3) is 0.308. The molecule has 11 heteroatoms. The van der Waals surface area contributed by atoms with Crippen molar-refractivity contribution in [3.63, 3.8) is 0 Å². The number of benzene rings is 1. The summed E-state index contributed by atoms with van der Waals surface area (Å²) < 4.78 is 56.8. The second kappa shape index (κ2) is 10.1. The molecule has 0 radical (unpaired) electrons. The fourth-order valence-corrected chi connectivity index (χ4v) is 5.97. The summed E-state index contributed by atoms with van der Waals surface area (Å²) in [5.41, 5.74) is -2.07. The summed E-state index contributed by atoms with van der Waals surface area (Å²) in [4.78, 5) is 9.45. The van der Waals surface area contributed by atoms with Gasteiger partial charge in [-0.2, -0.15) is 13.2 Å². The normalized spacial score (nSPS) is 15.9. The molecule has 2 N–H and O–H groups in total. The van der Waals surface area contributed by atoms with Crippen molar-refractivity contribution in [1.29, 1.82) is 0 Å². The van der Waals surface area contributed by atoms with Gasteiger partial charge in [0.15, 0.2) is 5.60 Å². The highest BCUT2D eigenvalue weighted by Gasteiger charge is 2.51. The molecule has 0 aliphatic rings. The van der Waals surface area contributed by atoms with Crippen molar-refractivity contribution in [2.24, 2.45) is 0 Å². The Balaban J connectivity index is 1.84. The summed E-state index contributed by atoms with van der Waals surface area (Å²) in [6.07, 6.45) is -2.09. The van der Waals surface area contributed by atoms with Crippen LogP contribution in [0.2, 0.25) is 5.02 Å². The molecule has 0 saturated carbocycles. The van der Waals surface area contributed by atoms with Gasteiger partial charge < -0.3 is 5.11 Å². The van der Waals surface area contributed by atoms with Gasteiger partial charge >= 0.3 is 6.18 Å². The topological polar surface area (TPSA) is 75.1 Å². The molecule has 196 valence electrons. The number of alkyl halides is 3. The van der Waals surface area contributed by atoms with Crippen molar-refractivity contribution in [3.05, 3.63) is 82.0 Å². The first-order valence-corrected chi connectivity index (χ1v) is 13.6. The molecule has 3 atom stereocenters. The van der Waals surface area contributed by atoms with Crippen LogP contribution in [0.15, 0.2) is 60.9 Å². The van der Waals surface area contributed by atoms with E-state index in [2.05, 4.69) is 14.7 Å². The van der Waals surface area contributed by atoms with E-state index in [0.29, 0.717) is 22.3 Å². The lowest BCUT2D eigenvalue weighted by Crippen LogP contribution is -2.39. The molecule has 1 aromatic carbocycles. The molecule has 0 fully saturated rings. The molecular formula is C26H25ClF3N3O2S2. The average molecular weight is 568 g/mol. The van der Waals surface area contributed by atoms with Crippen LogP contribution in [0.5, 0.6) is 0 Å². The number of hydrogen-bond donors (Lipinski definition) is 2. The summed E-state index contributed by atoms with van der Waals surface area (Å²) in [6.45, 7) is 6.29. The summed E-state index contributed by atoms with van der Waals surface area (Å²) in [6, 6.07) is 12.8. The van der Waals surface area contributed by atoms with Crippen LogP contribution in [0.3, 0.4) is 0 Å². The lowest BCUT2D eigenvalue weighted by molar-refractivity contribution is -0.258. The number of fused-ring (bicyclic) bond motifs is 1. The van der Waals surface area contributed by atoms with Gasteiger partial charge in [-0.1, -0.05) is 29.8 Å². The van der Waals surface area contributed by atoms with Crippen LogP contribution in [-0.4, -0.2) is 30.2 Å². The number of hydrogen-bond acceptors (Lipinski definition) is 5. The Morgan fingerprint density at radius 3 is 2.35 bits per heavy atom. The zero-order chi connectivity index (χ0) is 27.2. The minimum absolute atomic E-state index is 0.196. The minimum Gasteiger partial charge on any atom is -0.376 e. The molecule has 0 aliphatic carbocycles. The third-order valence-corrected chi connectivity index (χ3v) is 8.98. The van der Waals surface area contributed by atoms with Crippen molar-refractivity contribution in [2.45, 2.75) is 50.3 Å². The number of aromatic nitrogens is 2. The molecular weight excluding hydrogens is 543 g/mol. The van der Waals surface area contributed by atoms with E-state index in [1.54, 1.807) is 18.3 Å². The Bertz CT molecular complexity index is 1470. The van der Waals surface area contributed by atoms with Crippen molar-refractivity contribution in [3.8, 4) is 11.4 Å².